The quantitative estimate of drug-likeness (QED) is 0.732. The number of hydrogen-bond acceptors (Lipinski definition) is 4. The van der Waals surface area contributed by atoms with Crippen LogP contribution >= 0.6 is 0 Å². The maximum atomic E-state index is 13.1. The summed E-state index contributed by atoms with van der Waals surface area (Å²) in [6, 6.07) is 6.97. The third-order valence-electron chi connectivity index (χ3n) is 4.72. The van der Waals surface area contributed by atoms with Gasteiger partial charge >= 0.3 is 0 Å². The van der Waals surface area contributed by atoms with E-state index in [9.17, 15) is 4.39 Å². The van der Waals surface area contributed by atoms with Gasteiger partial charge in [-0.3, -0.25) is 14.5 Å². The van der Waals surface area contributed by atoms with Gasteiger partial charge in [0, 0.05) is 18.9 Å². The number of nitrogens with zero attached hydrogens (tertiary/aromatic N) is 5. The highest BCUT2D eigenvalue weighted by atomic mass is 19.1. The lowest BCUT2D eigenvalue weighted by molar-refractivity contribution is 0.244. The number of benzene rings is 1. The minimum Gasteiger partial charge on any atom is -0.290 e. The van der Waals surface area contributed by atoms with Crippen molar-refractivity contribution in [2.24, 2.45) is 0 Å². The molecule has 0 saturated carbocycles. The summed E-state index contributed by atoms with van der Waals surface area (Å²) in [5.41, 5.74) is 2.09. The van der Waals surface area contributed by atoms with Gasteiger partial charge in [-0.25, -0.2) is 14.4 Å². The molecule has 0 N–H and O–H groups in total. The maximum Gasteiger partial charge on any atom is 0.156 e. The van der Waals surface area contributed by atoms with E-state index in [4.69, 9.17) is 4.98 Å². The zero-order valence-electron chi connectivity index (χ0n) is 14.1. The summed E-state index contributed by atoms with van der Waals surface area (Å²) in [5.74, 6) is 1.48. The smallest absolute Gasteiger partial charge is 0.156 e. The van der Waals surface area contributed by atoms with Crippen LogP contribution in [0.3, 0.4) is 0 Å². The van der Waals surface area contributed by atoms with Gasteiger partial charge < -0.3 is 0 Å². The second kappa shape index (κ2) is 6.72. The lowest BCUT2D eigenvalue weighted by Crippen LogP contribution is -2.24. The molecule has 0 aliphatic carbocycles. The number of likely N-dealkylation sites (tertiary alicyclic amines) is 1. The van der Waals surface area contributed by atoms with Gasteiger partial charge in [-0.15, -0.1) is 0 Å². The third-order valence-corrected chi connectivity index (χ3v) is 4.72. The predicted molar refractivity (Wildman–Crippen MR) is 92.7 cm³/mol. The van der Waals surface area contributed by atoms with Gasteiger partial charge in [-0.1, -0.05) is 12.1 Å². The van der Waals surface area contributed by atoms with Crippen LogP contribution in [-0.4, -0.2) is 31.0 Å². The van der Waals surface area contributed by atoms with Crippen molar-refractivity contribution < 1.29 is 4.39 Å². The fourth-order valence-corrected chi connectivity index (χ4v) is 3.44. The summed E-state index contributed by atoms with van der Waals surface area (Å²) in [5, 5.41) is 0. The molecule has 1 aliphatic heterocycles. The SMILES string of the molecule is Cc1nccn1-c1cncc(C2CCCN2Cc2ccc(F)cc2)n1. The molecule has 25 heavy (non-hydrogen) atoms. The maximum absolute atomic E-state index is 13.1. The van der Waals surface area contributed by atoms with E-state index in [2.05, 4.69) is 14.9 Å². The van der Waals surface area contributed by atoms with Crippen molar-refractivity contribution in [2.75, 3.05) is 6.54 Å². The molecular formula is C19H20FN5. The van der Waals surface area contributed by atoms with E-state index in [1.807, 2.05) is 36.0 Å². The molecule has 1 saturated heterocycles. The Morgan fingerprint density at radius 1 is 1.20 bits per heavy atom. The van der Waals surface area contributed by atoms with E-state index in [0.717, 1.165) is 48.8 Å². The van der Waals surface area contributed by atoms with Crippen molar-refractivity contribution in [3.63, 3.8) is 0 Å². The number of aromatic nitrogens is 4. The summed E-state index contributed by atoms with van der Waals surface area (Å²) in [6.07, 6.45) is 9.46. The summed E-state index contributed by atoms with van der Waals surface area (Å²) in [6.45, 7) is 3.75. The first kappa shape index (κ1) is 15.9. The Morgan fingerprint density at radius 3 is 2.80 bits per heavy atom. The summed E-state index contributed by atoms with van der Waals surface area (Å²) in [4.78, 5) is 15.9. The molecule has 1 fully saturated rings. The Labute approximate surface area is 146 Å². The largest absolute Gasteiger partial charge is 0.290 e. The molecular weight excluding hydrogens is 317 g/mol. The molecule has 3 aromatic rings. The zero-order chi connectivity index (χ0) is 17.2. The zero-order valence-corrected chi connectivity index (χ0v) is 14.1. The molecule has 2 aromatic heterocycles. The summed E-state index contributed by atoms with van der Waals surface area (Å²) in [7, 11) is 0. The molecule has 0 radical (unpaired) electrons. The van der Waals surface area contributed by atoms with Crippen LogP contribution in [0.2, 0.25) is 0 Å². The average molecular weight is 337 g/mol. The molecule has 0 bridgehead atoms. The van der Waals surface area contributed by atoms with Gasteiger partial charge in [0.15, 0.2) is 5.82 Å². The van der Waals surface area contributed by atoms with Crippen LogP contribution in [0.1, 0.15) is 36.0 Å². The standard InChI is InChI=1S/C19H20FN5/c1-14-22-8-10-25(14)19-12-21-11-17(23-19)18-3-2-9-24(18)13-15-4-6-16(20)7-5-15/h4-8,10-12,18H,2-3,9,13H2,1H3. The lowest BCUT2D eigenvalue weighted by Gasteiger charge is -2.24. The highest BCUT2D eigenvalue weighted by molar-refractivity contribution is 5.24. The first-order chi connectivity index (χ1) is 12.2. The lowest BCUT2D eigenvalue weighted by atomic mass is 10.1. The van der Waals surface area contributed by atoms with Crippen molar-refractivity contribution in [2.45, 2.75) is 32.4 Å². The molecule has 6 heteroatoms. The molecule has 1 aliphatic rings. The Kier molecular flexibility index (Phi) is 4.28. The van der Waals surface area contributed by atoms with Crippen LogP contribution in [0, 0.1) is 12.7 Å². The van der Waals surface area contributed by atoms with E-state index >= 15 is 0 Å². The fourth-order valence-electron chi connectivity index (χ4n) is 3.44. The molecule has 4 rings (SSSR count). The molecule has 3 heterocycles. The minimum absolute atomic E-state index is 0.198. The second-order valence-corrected chi connectivity index (χ2v) is 6.40. The van der Waals surface area contributed by atoms with E-state index in [1.54, 1.807) is 12.4 Å². The van der Waals surface area contributed by atoms with Crippen molar-refractivity contribution in [1.82, 2.24) is 24.4 Å². The Hall–Kier alpha value is -2.60. The van der Waals surface area contributed by atoms with Gasteiger partial charge in [-0.05, 0) is 44.0 Å². The average Bonchev–Trinajstić information content (AvgIpc) is 3.26. The fraction of sp³-hybridized carbons (Fsp3) is 0.316. The monoisotopic (exact) mass is 337 g/mol. The van der Waals surface area contributed by atoms with E-state index < -0.39 is 0 Å². The van der Waals surface area contributed by atoms with Crippen LogP contribution in [0.15, 0.2) is 49.1 Å². The molecule has 5 nitrogen and oxygen atoms in total. The van der Waals surface area contributed by atoms with E-state index in [0.29, 0.717) is 0 Å². The number of rotatable bonds is 4. The topological polar surface area (TPSA) is 46.8 Å². The molecule has 128 valence electrons. The van der Waals surface area contributed by atoms with Gasteiger partial charge in [0.1, 0.15) is 11.6 Å². The summed E-state index contributed by atoms with van der Waals surface area (Å²) < 4.78 is 15.1. The Balaban J connectivity index is 1.58. The predicted octanol–water partition coefficient (Wildman–Crippen LogP) is 3.45. The van der Waals surface area contributed by atoms with Crippen LogP contribution < -0.4 is 0 Å². The van der Waals surface area contributed by atoms with Gasteiger partial charge in [-0.2, -0.15) is 0 Å². The van der Waals surface area contributed by atoms with E-state index in [1.165, 1.54) is 12.1 Å². The van der Waals surface area contributed by atoms with Crippen molar-refractivity contribution in [1.29, 1.82) is 0 Å². The van der Waals surface area contributed by atoms with E-state index in [-0.39, 0.29) is 11.9 Å². The molecule has 1 unspecified atom stereocenters. The van der Waals surface area contributed by atoms with Crippen LogP contribution in [-0.2, 0) is 6.54 Å². The van der Waals surface area contributed by atoms with Gasteiger partial charge in [0.05, 0.1) is 24.1 Å². The molecule has 0 amide bonds. The first-order valence-electron chi connectivity index (χ1n) is 8.51. The molecule has 1 aromatic carbocycles. The number of hydrogen-bond donors (Lipinski definition) is 0. The normalized spacial score (nSPS) is 17.9. The number of imidazole rings is 1. The van der Waals surface area contributed by atoms with Crippen molar-refractivity contribution in [3.05, 3.63) is 72.0 Å². The Bertz CT molecular complexity index is 858. The molecule has 1 atom stereocenters. The van der Waals surface area contributed by atoms with Crippen molar-refractivity contribution in [3.8, 4) is 5.82 Å². The highest BCUT2D eigenvalue weighted by Crippen LogP contribution is 2.32. The highest BCUT2D eigenvalue weighted by Gasteiger charge is 2.27. The third kappa shape index (κ3) is 3.30. The van der Waals surface area contributed by atoms with Crippen LogP contribution in [0.25, 0.3) is 5.82 Å². The summed E-state index contributed by atoms with van der Waals surface area (Å²) >= 11 is 0. The van der Waals surface area contributed by atoms with Gasteiger partial charge in [0.25, 0.3) is 0 Å². The van der Waals surface area contributed by atoms with Crippen LogP contribution in [0.5, 0.6) is 0 Å². The van der Waals surface area contributed by atoms with Gasteiger partial charge in [0.2, 0.25) is 0 Å². The minimum atomic E-state index is -0.198. The second-order valence-electron chi connectivity index (χ2n) is 6.40. The Morgan fingerprint density at radius 2 is 2.04 bits per heavy atom. The molecule has 0 spiro atoms. The first-order valence-corrected chi connectivity index (χ1v) is 8.51. The number of aryl methyl sites for hydroxylation is 1. The number of halogens is 1. The van der Waals surface area contributed by atoms with Crippen LogP contribution in [0.4, 0.5) is 4.39 Å². The van der Waals surface area contributed by atoms with Crippen molar-refractivity contribution >= 4 is 0 Å².